The van der Waals surface area contributed by atoms with E-state index in [1.54, 1.807) is 18.9 Å². The first-order valence-electron chi connectivity index (χ1n) is 4.50. The van der Waals surface area contributed by atoms with Gasteiger partial charge in [0.05, 0.1) is 16.9 Å². The van der Waals surface area contributed by atoms with E-state index in [0.717, 1.165) is 17.0 Å². The molecule has 0 fully saturated rings. The van der Waals surface area contributed by atoms with E-state index in [2.05, 4.69) is 22.8 Å². The van der Waals surface area contributed by atoms with Crippen LogP contribution in [0.1, 0.15) is 0 Å². The van der Waals surface area contributed by atoms with E-state index in [9.17, 15) is 0 Å². The molecule has 78 valence electrons. The Hall–Kier alpha value is -1.00. The Kier molecular flexibility index (Phi) is 3.28. The number of methoxy groups -OCH3 is 1. The van der Waals surface area contributed by atoms with Crippen LogP contribution in [0.4, 0.5) is 0 Å². The minimum absolute atomic E-state index is 0.718. The van der Waals surface area contributed by atoms with Crippen LogP contribution in [0.2, 0.25) is 0 Å². The molecule has 0 aliphatic carbocycles. The number of benzene rings is 1. The molecule has 2 aromatic rings. The van der Waals surface area contributed by atoms with Gasteiger partial charge in [0.25, 0.3) is 0 Å². The molecule has 0 aliphatic heterocycles. The highest BCUT2D eigenvalue weighted by molar-refractivity contribution is 8.00. The van der Waals surface area contributed by atoms with Crippen LogP contribution < -0.4 is 4.74 Å². The highest BCUT2D eigenvalue weighted by Crippen LogP contribution is 2.40. The van der Waals surface area contributed by atoms with Crippen LogP contribution in [0.5, 0.6) is 5.88 Å². The lowest BCUT2D eigenvalue weighted by Crippen LogP contribution is -1.85. The highest BCUT2D eigenvalue weighted by Gasteiger charge is 2.14. The summed E-state index contributed by atoms with van der Waals surface area (Å²) < 4.78 is 10.7. The Balaban J connectivity index is 2.55. The Morgan fingerprint density at radius 1 is 1.27 bits per heavy atom. The number of rotatable bonds is 3. The number of thioether (sulfide) groups is 1. The molecule has 0 bridgehead atoms. The summed E-state index contributed by atoms with van der Waals surface area (Å²) in [5, 5.41) is 0. The Morgan fingerprint density at radius 3 is 2.60 bits per heavy atom. The third kappa shape index (κ3) is 2.01. The fraction of sp³-hybridized carbons (Fsp3) is 0.182. The summed E-state index contributed by atoms with van der Waals surface area (Å²) in [5.74, 6) is 0.718. The van der Waals surface area contributed by atoms with Gasteiger partial charge in [0, 0.05) is 0 Å². The van der Waals surface area contributed by atoms with Crippen LogP contribution >= 0.6 is 23.3 Å². The molecule has 4 heteroatoms. The van der Waals surface area contributed by atoms with E-state index in [1.165, 1.54) is 15.7 Å². The van der Waals surface area contributed by atoms with E-state index in [4.69, 9.17) is 4.74 Å². The van der Waals surface area contributed by atoms with E-state index >= 15 is 0 Å². The molecule has 0 amide bonds. The van der Waals surface area contributed by atoms with Crippen molar-refractivity contribution in [2.45, 2.75) is 4.21 Å². The largest absolute Gasteiger partial charge is 0.480 e. The lowest BCUT2D eigenvalue weighted by atomic mass is 10.1. The van der Waals surface area contributed by atoms with Crippen LogP contribution in [0.3, 0.4) is 0 Å². The number of aromatic nitrogens is 1. The normalized spacial score (nSPS) is 10.3. The van der Waals surface area contributed by atoms with Crippen molar-refractivity contribution in [2.24, 2.45) is 0 Å². The van der Waals surface area contributed by atoms with Gasteiger partial charge in [-0.3, -0.25) is 0 Å². The van der Waals surface area contributed by atoms with Gasteiger partial charge in [0.1, 0.15) is 0 Å². The van der Waals surface area contributed by atoms with Crippen molar-refractivity contribution in [3.8, 4) is 17.0 Å². The van der Waals surface area contributed by atoms with Crippen molar-refractivity contribution in [2.75, 3.05) is 13.4 Å². The lowest BCUT2D eigenvalue weighted by molar-refractivity contribution is 0.404. The highest BCUT2D eigenvalue weighted by atomic mass is 32.2. The third-order valence-corrected chi connectivity index (χ3v) is 4.00. The van der Waals surface area contributed by atoms with Gasteiger partial charge in [-0.25, -0.2) is 0 Å². The summed E-state index contributed by atoms with van der Waals surface area (Å²) in [7, 11) is 1.66. The van der Waals surface area contributed by atoms with Gasteiger partial charge in [-0.2, -0.15) is 4.37 Å². The predicted molar refractivity (Wildman–Crippen MR) is 65.9 cm³/mol. The first kappa shape index (κ1) is 10.5. The van der Waals surface area contributed by atoms with Crippen molar-refractivity contribution in [1.29, 1.82) is 0 Å². The number of hydrogen-bond acceptors (Lipinski definition) is 4. The van der Waals surface area contributed by atoms with Crippen molar-refractivity contribution in [3.63, 3.8) is 0 Å². The third-order valence-electron chi connectivity index (χ3n) is 2.07. The van der Waals surface area contributed by atoms with Gasteiger partial charge in [-0.15, -0.1) is 11.8 Å². The summed E-state index contributed by atoms with van der Waals surface area (Å²) in [6.07, 6.45) is 2.05. The second-order valence-electron chi connectivity index (χ2n) is 2.92. The van der Waals surface area contributed by atoms with Crippen LogP contribution in [-0.2, 0) is 0 Å². The van der Waals surface area contributed by atoms with Gasteiger partial charge >= 0.3 is 0 Å². The van der Waals surface area contributed by atoms with Gasteiger partial charge in [0.2, 0.25) is 5.88 Å². The molecule has 1 heterocycles. The number of ether oxygens (including phenoxy) is 1. The summed E-state index contributed by atoms with van der Waals surface area (Å²) in [6.45, 7) is 0. The standard InChI is InChI=1S/C11H11NOS2/c1-13-10-9(11(14-2)15-12-10)8-6-4-3-5-7-8/h3-7H,1-2H3. The smallest absolute Gasteiger partial charge is 0.234 e. The Morgan fingerprint density at radius 2 is 2.00 bits per heavy atom. The van der Waals surface area contributed by atoms with Gasteiger partial charge in [-0.1, -0.05) is 30.3 Å². The number of hydrogen-bond donors (Lipinski definition) is 0. The molecule has 2 rings (SSSR count). The fourth-order valence-corrected chi connectivity index (χ4v) is 2.83. The van der Waals surface area contributed by atoms with Crippen molar-refractivity contribution in [3.05, 3.63) is 30.3 Å². The van der Waals surface area contributed by atoms with Crippen LogP contribution in [0, 0.1) is 0 Å². The molecule has 0 aliphatic rings. The first-order chi connectivity index (χ1) is 7.36. The SMILES string of the molecule is COc1nsc(SC)c1-c1ccccc1. The van der Waals surface area contributed by atoms with Gasteiger partial charge < -0.3 is 4.74 Å². The maximum Gasteiger partial charge on any atom is 0.234 e. The molecule has 0 N–H and O–H groups in total. The summed E-state index contributed by atoms with van der Waals surface area (Å²) >= 11 is 3.19. The van der Waals surface area contributed by atoms with E-state index < -0.39 is 0 Å². The summed E-state index contributed by atoms with van der Waals surface area (Å²) in [6, 6.07) is 10.2. The molecular weight excluding hydrogens is 226 g/mol. The van der Waals surface area contributed by atoms with E-state index in [0.29, 0.717) is 0 Å². The fourth-order valence-electron chi connectivity index (χ4n) is 1.39. The first-order valence-corrected chi connectivity index (χ1v) is 6.49. The van der Waals surface area contributed by atoms with Crippen LogP contribution in [0.15, 0.2) is 34.5 Å². The average molecular weight is 237 g/mol. The zero-order chi connectivity index (χ0) is 10.7. The lowest BCUT2D eigenvalue weighted by Gasteiger charge is -2.03. The van der Waals surface area contributed by atoms with Crippen LogP contribution in [0.25, 0.3) is 11.1 Å². The Bertz CT molecular complexity index is 418. The topological polar surface area (TPSA) is 22.1 Å². The zero-order valence-corrected chi connectivity index (χ0v) is 10.2. The molecule has 0 saturated carbocycles. The van der Waals surface area contributed by atoms with Gasteiger partial charge in [-0.05, 0) is 23.4 Å². The Labute approximate surface area is 97.5 Å². The van der Waals surface area contributed by atoms with Gasteiger partial charge in [0.15, 0.2) is 0 Å². The van der Waals surface area contributed by atoms with Crippen LogP contribution in [-0.4, -0.2) is 17.7 Å². The monoisotopic (exact) mass is 237 g/mol. The average Bonchev–Trinajstić information content (AvgIpc) is 2.72. The predicted octanol–water partition coefficient (Wildman–Crippen LogP) is 3.54. The molecule has 0 unspecified atom stereocenters. The van der Waals surface area contributed by atoms with Crippen molar-refractivity contribution >= 4 is 23.3 Å². The van der Waals surface area contributed by atoms with Crippen molar-refractivity contribution < 1.29 is 4.74 Å². The maximum absolute atomic E-state index is 5.27. The number of nitrogens with zero attached hydrogens (tertiary/aromatic N) is 1. The zero-order valence-electron chi connectivity index (χ0n) is 8.56. The molecule has 0 spiro atoms. The minimum Gasteiger partial charge on any atom is -0.480 e. The second kappa shape index (κ2) is 4.68. The van der Waals surface area contributed by atoms with E-state index in [-0.39, 0.29) is 0 Å². The summed E-state index contributed by atoms with van der Waals surface area (Å²) in [5.41, 5.74) is 2.27. The molecule has 0 radical (unpaired) electrons. The minimum atomic E-state index is 0.718. The van der Waals surface area contributed by atoms with Crippen molar-refractivity contribution in [1.82, 2.24) is 4.37 Å². The molecule has 0 atom stereocenters. The molecule has 1 aromatic heterocycles. The molecule has 2 nitrogen and oxygen atoms in total. The molecule has 1 aromatic carbocycles. The second-order valence-corrected chi connectivity index (χ2v) is 4.77. The van der Waals surface area contributed by atoms with E-state index in [1.807, 2.05) is 18.2 Å². The molecule has 0 saturated heterocycles. The summed E-state index contributed by atoms with van der Waals surface area (Å²) in [4.78, 5) is 0. The quantitative estimate of drug-likeness (QED) is 0.762. The maximum atomic E-state index is 5.27. The molecular formula is C11H11NOS2. The molecule has 15 heavy (non-hydrogen) atoms.